The van der Waals surface area contributed by atoms with E-state index < -0.39 is 10.7 Å². The fraction of sp³-hybridized carbons (Fsp3) is 0.333. The predicted octanol–water partition coefficient (Wildman–Crippen LogP) is 4.71. The van der Waals surface area contributed by atoms with E-state index in [2.05, 4.69) is 26.1 Å². The first-order chi connectivity index (χ1) is 9.79. The molecule has 112 valence electrons. The highest BCUT2D eigenvalue weighted by Gasteiger charge is 2.19. The topological polar surface area (TPSA) is 55.2 Å². The number of nitro groups is 1. The Morgan fingerprint density at radius 1 is 1.29 bits per heavy atom. The Hall–Kier alpha value is -1.95. The molecule has 1 aromatic carbocycles. The van der Waals surface area contributed by atoms with Crippen LogP contribution in [0.4, 0.5) is 15.8 Å². The molecule has 1 heterocycles. The Bertz CT molecular complexity index is 662. The lowest BCUT2D eigenvalue weighted by Crippen LogP contribution is -2.08. The molecule has 21 heavy (non-hydrogen) atoms. The van der Waals surface area contributed by atoms with Gasteiger partial charge in [-0.15, -0.1) is 11.3 Å². The lowest BCUT2D eigenvalue weighted by Gasteiger charge is -2.15. The van der Waals surface area contributed by atoms with E-state index in [1.54, 1.807) is 11.3 Å². The molecule has 0 radical (unpaired) electrons. The molecule has 0 atom stereocenters. The average molecular weight is 308 g/mol. The normalized spacial score (nSPS) is 11.4. The lowest BCUT2D eigenvalue weighted by atomic mass is 9.95. The highest BCUT2D eigenvalue weighted by atomic mass is 32.1. The molecule has 0 bridgehead atoms. The second kappa shape index (κ2) is 5.81. The summed E-state index contributed by atoms with van der Waals surface area (Å²) in [5.74, 6) is -0.614. The third-order valence-electron chi connectivity index (χ3n) is 3.03. The van der Waals surface area contributed by atoms with Gasteiger partial charge in [0.2, 0.25) is 0 Å². The van der Waals surface area contributed by atoms with E-state index in [1.807, 2.05) is 12.1 Å². The summed E-state index contributed by atoms with van der Waals surface area (Å²) in [6.07, 6.45) is 0. The molecular formula is C15H17FN2O2S. The van der Waals surface area contributed by atoms with Gasteiger partial charge in [-0.05, 0) is 23.6 Å². The standard InChI is InChI=1S/C15H17FN2O2S/c1-15(2,3)13-8-7-10(21-13)9-17-14-11(16)5-4-6-12(14)18(19)20/h4-8,17H,9H2,1-3H3. The van der Waals surface area contributed by atoms with Crippen LogP contribution in [0.1, 0.15) is 30.5 Å². The molecule has 0 aliphatic rings. The Kier molecular flexibility index (Phi) is 4.27. The highest BCUT2D eigenvalue weighted by molar-refractivity contribution is 7.12. The van der Waals surface area contributed by atoms with Crippen molar-refractivity contribution in [3.8, 4) is 0 Å². The summed E-state index contributed by atoms with van der Waals surface area (Å²) in [6.45, 7) is 6.73. The molecule has 0 unspecified atom stereocenters. The Balaban J connectivity index is 2.17. The minimum atomic E-state index is -0.614. The van der Waals surface area contributed by atoms with E-state index in [4.69, 9.17) is 0 Å². The van der Waals surface area contributed by atoms with Gasteiger partial charge in [0.25, 0.3) is 5.69 Å². The maximum Gasteiger partial charge on any atom is 0.295 e. The van der Waals surface area contributed by atoms with E-state index in [0.717, 1.165) is 4.88 Å². The SMILES string of the molecule is CC(C)(C)c1ccc(CNc2c(F)cccc2[N+](=O)[O-])s1. The van der Waals surface area contributed by atoms with Crippen LogP contribution in [0.3, 0.4) is 0 Å². The molecule has 4 nitrogen and oxygen atoms in total. The van der Waals surface area contributed by atoms with Crippen molar-refractivity contribution >= 4 is 22.7 Å². The molecule has 0 saturated carbocycles. The van der Waals surface area contributed by atoms with Gasteiger partial charge in [0.15, 0.2) is 5.82 Å². The zero-order valence-corrected chi connectivity index (χ0v) is 13.0. The Labute approximate surface area is 126 Å². The largest absolute Gasteiger partial charge is 0.372 e. The zero-order valence-electron chi connectivity index (χ0n) is 12.1. The van der Waals surface area contributed by atoms with Crippen molar-refractivity contribution < 1.29 is 9.31 Å². The van der Waals surface area contributed by atoms with E-state index in [-0.39, 0.29) is 16.8 Å². The van der Waals surface area contributed by atoms with E-state index in [1.165, 1.54) is 23.1 Å². The summed E-state index contributed by atoms with van der Waals surface area (Å²) in [5.41, 5.74) is -0.247. The molecule has 0 spiro atoms. The van der Waals surface area contributed by atoms with Crippen LogP contribution >= 0.6 is 11.3 Å². The van der Waals surface area contributed by atoms with Gasteiger partial charge in [0.1, 0.15) is 5.69 Å². The first kappa shape index (κ1) is 15.4. The van der Waals surface area contributed by atoms with Gasteiger partial charge in [-0.2, -0.15) is 0 Å². The van der Waals surface area contributed by atoms with Gasteiger partial charge in [0.05, 0.1) is 4.92 Å². The number of thiophene rings is 1. The number of nitro benzene ring substituents is 1. The average Bonchev–Trinajstić information content (AvgIpc) is 2.85. The monoisotopic (exact) mass is 308 g/mol. The smallest absolute Gasteiger partial charge is 0.295 e. The van der Waals surface area contributed by atoms with Crippen LogP contribution in [0.2, 0.25) is 0 Å². The molecule has 0 amide bonds. The van der Waals surface area contributed by atoms with E-state index >= 15 is 0 Å². The summed E-state index contributed by atoms with van der Waals surface area (Å²) >= 11 is 1.62. The fourth-order valence-corrected chi connectivity index (χ4v) is 2.90. The predicted molar refractivity (Wildman–Crippen MR) is 83.4 cm³/mol. The van der Waals surface area contributed by atoms with Crippen LogP contribution in [0, 0.1) is 15.9 Å². The number of rotatable bonds is 4. The van der Waals surface area contributed by atoms with Gasteiger partial charge in [-0.1, -0.05) is 26.8 Å². The first-order valence-corrected chi connectivity index (χ1v) is 7.36. The minimum Gasteiger partial charge on any atom is -0.372 e. The second-order valence-corrected chi connectivity index (χ2v) is 6.93. The maximum atomic E-state index is 13.7. The van der Waals surface area contributed by atoms with Crippen molar-refractivity contribution in [3.63, 3.8) is 0 Å². The van der Waals surface area contributed by atoms with E-state index in [9.17, 15) is 14.5 Å². The van der Waals surface area contributed by atoms with E-state index in [0.29, 0.717) is 6.54 Å². The fourth-order valence-electron chi connectivity index (χ4n) is 1.89. The van der Waals surface area contributed by atoms with Crippen LogP contribution in [0.15, 0.2) is 30.3 Å². The van der Waals surface area contributed by atoms with Crippen molar-refractivity contribution in [2.45, 2.75) is 32.7 Å². The number of nitrogens with one attached hydrogen (secondary N) is 1. The number of halogens is 1. The molecule has 0 saturated heterocycles. The van der Waals surface area contributed by atoms with Crippen LogP contribution < -0.4 is 5.32 Å². The molecule has 1 N–H and O–H groups in total. The molecule has 0 aliphatic heterocycles. The quantitative estimate of drug-likeness (QED) is 0.657. The summed E-state index contributed by atoms with van der Waals surface area (Å²) in [5, 5.41) is 13.8. The van der Waals surface area contributed by atoms with Crippen LogP contribution in [0.5, 0.6) is 0 Å². The summed E-state index contributed by atoms with van der Waals surface area (Å²) in [7, 11) is 0. The molecule has 0 fully saturated rings. The molecular weight excluding hydrogens is 291 g/mol. The zero-order chi connectivity index (χ0) is 15.6. The minimum absolute atomic E-state index is 0.0618. The molecule has 2 rings (SSSR count). The number of hydrogen-bond donors (Lipinski definition) is 1. The number of para-hydroxylation sites is 1. The molecule has 0 aliphatic carbocycles. The van der Waals surface area contributed by atoms with Gasteiger partial charge >= 0.3 is 0 Å². The maximum absolute atomic E-state index is 13.7. The number of anilines is 1. The summed E-state index contributed by atoms with van der Waals surface area (Å²) in [4.78, 5) is 12.6. The van der Waals surface area contributed by atoms with Crippen molar-refractivity contribution in [3.05, 3.63) is 56.0 Å². The number of benzene rings is 1. The van der Waals surface area contributed by atoms with Crippen molar-refractivity contribution in [1.82, 2.24) is 0 Å². The van der Waals surface area contributed by atoms with Crippen molar-refractivity contribution in [1.29, 1.82) is 0 Å². The second-order valence-electron chi connectivity index (χ2n) is 5.76. The third-order valence-corrected chi connectivity index (χ3v) is 4.54. The number of hydrogen-bond acceptors (Lipinski definition) is 4. The highest BCUT2D eigenvalue weighted by Crippen LogP contribution is 2.31. The Morgan fingerprint density at radius 2 is 2.00 bits per heavy atom. The first-order valence-electron chi connectivity index (χ1n) is 6.55. The lowest BCUT2D eigenvalue weighted by molar-refractivity contribution is -0.384. The molecule has 1 aromatic heterocycles. The van der Waals surface area contributed by atoms with Crippen LogP contribution in [-0.2, 0) is 12.0 Å². The van der Waals surface area contributed by atoms with Gasteiger partial charge in [-0.25, -0.2) is 4.39 Å². The van der Waals surface area contributed by atoms with Gasteiger partial charge in [-0.3, -0.25) is 10.1 Å². The van der Waals surface area contributed by atoms with Crippen molar-refractivity contribution in [2.24, 2.45) is 0 Å². The third kappa shape index (κ3) is 3.58. The van der Waals surface area contributed by atoms with Gasteiger partial charge in [0, 0.05) is 22.4 Å². The molecule has 6 heteroatoms. The van der Waals surface area contributed by atoms with Crippen LogP contribution in [-0.4, -0.2) is 4.92 Å². The number of nitrogens with zero attached hydrogens (tertiary/aromatic N) is 1. The van der Waals surface area contributed by atoms with Gasteiger partial charge < -0.3 is 5.32 Å². The summed E-state index contributed by atoms with van der Waals surface area (Å²) in [6, 6.07) is 7.84. The Morgan fingerprint density at radius 3 is 2.57 bits per heavy atom. The van der Waals surface area contributed by atoms with Crippen molar-refractivity contribution in [2.75, 3.05) is 5.32 Å². The molecule has 2 aromatic rings. The van der Waals surface area contributed by atoms with Crippen LogP contribution in [0.25, 0.3) is 0 Å². The summed E-state index contributed by atoms with van der Waals surface area (Å²) < 4.78 is 13.7.